The van der Waals surface area contributed by atoms with Crippen molar-refractivity contribution in [3.8, 4) is 0 Å². The van der Waals surface area contributed by atoms with Gasteiger partial charge in [0.1, 0.15) is 16.9 Å². The van der Waals surface area contributed by atoms with Crippen LogP contribution in [0.1, 0.15) is 48.8 Å². The summed E-state index contributed by atoms with van der Waals surface area (Å²) in [6, 6.07) is 2.82. The molecule has 2 aliphatic carbocycles. The lowest BCUT2D eigenvalue weighted by Crippen LogP contribution is -2.36. The second-order valence-corrected chi connectivity index (χ2v) is 10.7. The molecule has 0 saturated heterocycles. The Balaban J connectivity index is 1.38. The second-order valence-electron chi connectivity index (χ2n) is 9.70. The third-order valence-corrected chi connectivity index (χ3v) is 8.19. The summed E-state index contributed by atoms with van der Waals surface area (Å²) >= 11 is 1.56. The van der Waals surface area contributed by atoms with Crippen molar-refractivity contribution in [2.75, 3.05) is 5.32 Å². The molecule has 0 radical (unpaired) electrons. The number of carbonyl (C=O) groups excluding carboxylic acids is 1. The zero-order valence-electron chi connectivity index (χ0n) is 20.2. The van der Waals surface area contributed by atoms with Crippen molar-refractivity contribution in [3.05, 3.63) is 23.8 Å². The fourth-order valence-corrected chi connectivity index (χ4v) is 6.14. The molecule has 5 aromatic rings. The number of thiazole rings is 1. The van der Waals surface area contributed by atoms with Crippen molar-refractivity contribution >= 4 is 60.6 Å². The fraction of sp³-hybridized carbons (Fsp3) is 0.458. The summed E-state index contributed by atoms with van der Waals surface area (Å²) in [5.41, 5.74) is 5.04. The molecule has 11 heteroatoms. The Morgan fingerprint density at radius 3 is 2.57 bits per heavy atom. The van der Waals surface area contributed by atoms with Gasteiger partial charge in [-0.2, -0.15) is 5.10 Å². The average Bonchev–Trinajstić information content (AvgIpc) is 3.71. The number of aryl methyl sites for hydroxylation is 4. The molecule has 0 spiro atoms. The van der Waals surface area contributed by atoms with Crippen molar-refractivity contribution in [3.63, 3.8) is 0 Å². The minimum absolute atomic E-state index is 0.133. The van der Waals surface area contributed by atoms with E-state index in [0.29, 0.717) is 24.4 Å². The van der Waals surface area contributed by atoms with Crippen molar-refractivity contribution < 1.29 is 4.79 Å². The predicted octanol–water partition coefficient (Wildman–Crippen LogP) is 4.11. The number of nitrogens with one attached hydrogen (secondary N) is 1. The number of rotatable bonds is 6. The highest BCUT2D eigenvalue weighted by molar-refractivity contribution is 7.22. The van der Waals surface area contributed by atoms with Gasteiger partial charge in [-0.05, 0) is 45.6 Å². The number of fused-ring (bicyclic) bond motifs is 4. The van der Waals surface area contributed by atoms with Gasteiger partial charge in [-0.15, -0.1) is 0 Å². The van der Waals surface area contributed by atoms with E-state index < -0.39 is 0 Å². The van der Waals surface area contributed by atoms with E-state index in [4.69, 9.17) is 9.97 Å². The molecule has 180 valence electrons. The molecular formula is C24H27N9OS. The Kier molecular flexibility index (Phi) is 4.33. The van der Waals surface area contributed by atoms with Gasteiger partial charge in [-0.3, -0.25) is 4.79 Å². The van der Waals surface area contributed by atoms with E-state index in [-0.39, 0.29) is 5.91 Å². The largest absolute Gasteiger partial charge is 0.333 e. The first kappa shape index (κ1) is 20.9. The maximum Gasteiger partial charge on any atom is 0.271 e. The molecule has 1 amide bonds. The average molecular weight is 490 g/mol. The number of carbonyl (C=O) groups is 1. The number of imidazole rings is 1. The van der Waals surface area contributed by atoms with E-state index in [1.807, 2.05) is 31.7 Å². The van der Waals surface area contributed by atoms with Crippen molar-refractivity contribution in [1.29, 1.82) is 0 Å². The van der Waals surface area contributed by atoms with E-state index >= 15 is 0 Å². The lowest BCUT2D eigenvalue weighted by atomic mass is 10.2. The lowest BCUT2D eigenvalue weighted by molar-refractivity contribution is 0.0719. The molecule has 7 rings (SSSR count). The summed E-state index contributed by atoms with van der Waals surface area (Å²) in [6.07, 6.45) is 6.26. The summed E-state index contributed by atoms with van der Waals surface area (Å²) in [7, 11) is 3.89. The van der Waals surface area contributed by atoms with Gasteiger partial charge in [-0.25, -0.2) is 19.6 Å². The summed E-state index contributed by atoms with van der Waals surface area (Å²) < 4.78 is 6.91. The van der Waals surface area contributed by atoms with Crippen LogP contribution in [-0.4, -0.2) is 56.8 Å². The highest BCUT2D eigenvalue weighted by atomic mass is 32.1. The molecule has 2 saturated carbocycles. The number of amides is 1. The Morgan fingerprint density at radius 1 is 1.17 bits per heavy atom. The molecule has 0 unspecified atom stereocenters. The smallest absolute Gasteiger partial charge is 0.271 e. The molecule has 35 heavy (non-hydrogen) atoms. The Labute approximate surface area is 205 Å². The van der Waals surface area contributed by atoms with Gasteiger partial charge in [0, 0.05) is 38.1 Å². The summed E-state index contributed by atoms with van der Waals surface area (Å²) in [4.78, 5) is 30.3. The first-order valence-corrected chi connectivity index (χ1v) is 13.0. The van der Waals surface area contributed by atoms with Gasteiger partial charge in [-0.1, -0.05) is 11.3 Å². The van der Waals surface area contributed by atoms with Crippen LogP contribution in [0.5, 0.6) is 0 Å². The van der Waals surface area contributed by atoms with Crippen LogP contribution in [0.2, 0.25) is 0 Å². The van der Waals surface area contributed by atoms with Gasteiger partial charge >= 0.3 is 0 Å². The molecule has 2 aliphatic rings. The van der Waals surface area contributed by atoms with Crippen LogP contribution in [0, 0.1) is 6.92 Å². The minimum atomic E-state index is 0.133. The van der Waals surface area contributed by atoms with Crippen LogP contribution in [0.15, 0.2) is 12.4 Å². The maximum atomic E-state index is 13.7. The quantitative estimate of drug-likeness (QED) is 0.386. The maximum absolute atomic E-state index is 13.7. The summed E-state index contributed by atoms with van der Waals surface area (Å²) in [6.45, 7) is 4.72. The molecule has 0 atom stereocenters. The normalized spacial score (nSPS) is 16.1. The molecule has 1 N–H and O–H groups in total. The van der Waals surface area contributed by atoms with Crippen molar-refractivity contribution in [1.82, 2.24) is 38.8 Å². The topological polar surface area (TPSA) is 98.7 Å². The molecule has 0 aromatic carbocycles. The van der Waals surface area contributed by atoms with Crippen LogP contribution in [-0.2, 0) is 20.6 Å². The van der Waals surface area contributed by atoms with Gasteiger partial charge in [0.05, 0.1) is 22.2 Å². The molecular weight excluding hydrogens is 462 g/mol. The van der Waals surface area contributed by atoms with Crippen LogP contribution in [0.4, 0.5) is 10.9 Å². The van der Waals surface area contributed by atoms with Gasteiger partial charge in [0.25, 0.3) is 5.91 Å². The van der Waals surface area contributed by atoms with E-state index in [1.165, 1.54) is 0 Å². The number of aromatic nitrogens is 7. The van der Waals surface area contributed by atoms with Crippen molar-refractivity contribution in [2.24, 2.45) is 14.1 Å². The molecule has 0 aliphatic heterocycles. The van der Waals surface area contributed by atoms with Crippen molar-refractivity contribution in [2.45, 2.75) is 58.2 Å². The number of pyridine rings is 1. The Hall–Kier alpha value is -3.47. The monoisotopic (exact) mass is 489 g/mol. The van der Waals surface area contributed by atoms with Crippen LogP contribution < -0.4 is 5.32 Å². The molecule has 0 bridgehead atoms. The zero-order chi connectivity index (χ0) is 24.0. The highest BCUT2D eigenvalue weighted by Crippen LogP contribution is 2.40. The summed E-state index contributed by atoms with van der Waals surface area (Å²) in [5.74, 6) is 0.777. The minimum Gasteiger partial charge on any atom is -0.333 e. The lowest BCUT2D eigenvalue weighted by Gasteiger charge is -2.22. The molecule has 2 fully saturated rings. The predicted molar refractivity (Wildman–Crippen MR) is 136 cm³/mol. The second kappa shape index (κ2) is 7.27. The molecule has 5 aromatic heterocycles. The fourth-order valence-electron chi connectivity index (χ4n) is 5.21. The number of hydrogen-bond donors (Lipinski definition) is 1. The third-order valence-electron chi connectivity index (χ3n) is 7.12. The van der Waals surface area contributed by atoms with Crippen LogP contribution in [0.3, 0.4) is 0 Å². The van der Waals surface area contributed by atoms with Crippen LogP contribution >= 0.6 is 11.3 Å². The SMILES string of the molecule is CCn1c(C(=O)N(C2CC2)C2CC2)cc2c3c(ncn3C)c(Nc3nc4c(s3)c(C)nn4C)nc21. The first-order chi connectivity index (χ1) is 16.9. The van der Waals surface area contributed by atoms with Gasteiger partial charge < -0.3 is 19.4 Å². The van der Waals surface area contributed by atoms with E-state index in [0.717, 1.165) is 74.6 Å². The number of anilines is 2. The third kappa shape index (κ3) is 3.10. The molecule has 5 heterocycles. The standard InChI is InChI=1S/C24H27N9OS/c1-5-32-16(23(34)33(13-6-7-13)14-8-9-14)10-15-18-17(25-11-30(18)3)20(26-21(15)32)27-24-28-22-19(35-24)12(2)29-31(22)4/h10-11,13-14H,5-9H2,1-4H3,(H,26,27,28). The Bertz CT molecular complexity index is 1600. The molecule has 10 nitrogen and oxygen atoms in total. The Morgan fingerprint density at radius 2 is 1.91 bits per heavy atom. The number of hydrogen-bond acceptors (Lipinski definition) is 7. The van der Waals surface area contributed by atoms with Gasteiger partial charge in [0.2, 0.25) is 0 Å². The highest BCUT2D eigenvalue weighted by Gasteiger charge is 2.43. The van der Waals surface area contributed by atoms with Gasteiger partial charge in [0.15, 0.2) is 16.6 Å². The van der Waals surface area contributed by atoms with E-state index in [9.17, 15) is 4.79 Å². The van der Waals surface area contributed by atoms with E-state index in [2.05, 4.69) is 31.8 Å². The zero-order valence-corrected chi connectivity index (χ0v) is 21.1. The summed E-state index contributed by atoms with van der Waals surface area (Å²) in [5, 5.41) is 9.57. The first-order valence-electron chi connectivity index (χ1n) is 12.2. The van der Waals surface area contributed by atoms with Crippen LogP contribution in [0.25, 0.3) is 32.4 Å². The number of nitrogens with zero attached hydrogens (tertiary/aromatic N) is 8. The van der Waals surface area contributed by atoms with E-state index in [1.54, 1.807) is 22.3 Å².